The van der Waals surface area contributed by atoms with E-state index < -0.39 is 0 Å². The zero-order valence-corrected chi connectivity index (χ0v) is 40.2. The van der Waals surface area contributed by atoms with Crippen molar-refractivity contribution in [3.05, 3.63) is 36.4 Å². The van der Waals surface area contributed by atoms with Crippen LogP contribution in [0.15, 0.2) is 24.8 Å². The van der Waals surface area contributed by atoms with Gasteiger partial charge in [0.05, 0.1) is 26.2 Å². The molecule has 0 atom stereocenters. The Labute approximate surface area is 364 Å². The molecule has 0 bridgehead atoms. The summed E-state index contributed by atoms with van der Waals surface area (Å²) in [7, 11) is 0. The summed E-state index contributed by atoms with van der Waals surface area (Å²) >= 11 is 0. The van der Waals surface area contributed by atoms with Crippen LogP contribution >= 0.6 is 0 Å². The van der Waals surface area contributed by atoms with Crippen LogP contribution in [0.5, 0.6) is 0 Å². The number of imidazole rings is 2. The SMILES string of the molecule is CCCCCCCCCCCCCCCCCc1n(CC)cc[n+]1CCCCCCCCCC[n+]1ccn(CC)c1CCCCCCCCCCCCCCCCC. The largest absolute Gasteiger partial charge is 0.256 e. The molecule has 0 saturated carbocycles. The fourth-order valence-electron chi connectivity index (χ4n) is 9.49. The number of aryl methyl sites for hydroxylation is 4. The van der Waals surface area contributed by atoms with E-state index in [2.05, 4.69) is 70.8 Å². The second-order valence-electron chi connectivity index (χ2n) is 18.6. The van der Waals surface area contributed by atoms with Crippen molar-refractivity contribution in [2.75, 3.05) is 0 Å². The lowest BCUT2D eigenvalue weighted by atomic mass is 10.0. The van der Waals surface area contributed by atoms with Crippen LogP contribution < -0.4 is 9.13 Å². The summed E-state index contributed by atoms with van der Waals surface area (Å²) in [5, 5.41) is 0. The highest BCUT2D eigenvalue weighted by atomic mass is 15.1. The molecular formula is C54H104N4+2. The zero-order valence-electron chi connectivity index (χ0n) is 40.2. The summed E-state index contributed by atoms with van der Waals surface area (Å²) in [6.45, 7) is 13.9. The van der Waals surface area contributed by atoms with Gasteiger partial charge < -0.3 is 0 Å². The molecular weight excluding hydrogens is 705 g/mol. The van der Waals surface area contributed by atoms with Crippen LogP contribution in [-0.2, 0) is 39.0 Å². The third-order valence-electron chi connectivity index (χ3n) is 13.4. The predicted octanol–water partition coefficient (Wildman–Crippen LogP) is 16.6. The molecule has 4 heteroatoms. The van der Waals surface area contributed by atoms with E-state index in [1.54, 1.807) is 11.6 Å². The van der Waals surface area contributed by atoms with Gasteiger partial charge in [-0.1, -0.05) is 219 Å². The highest BCUT2D eigenvalue weighted by molar-refractivity contribution is 4.85. The van der Waals surface area contributed by atoms with Crippen LogP contribution in [0.1, 0.15) is 283 Å². The molecule has 0 aliphatic carbocycles. The molecule has 0 saturated heterocycles. The number of hydrogen-bond acceptors (Lipinski definition) is 0. The Bertz CT molecular complexity index is 1040. The van der Waals surface area contributed by atoms with E-state index in [0.717, 1.165) is 13.1 Å². The van der Waals surface area contributed by atoms with Gasteiger partial charge in [0.25, 0.3) is 11.6 Å². The first-order valence-electron chi connectivity index (χ1n) is 26.9. The van der Waals surface area contributed by atoms with Gasteiger partial charge in [0.1, 0.15) is 24.8 Å². The number of unbranched alkanes of at least 4 members (excludes halogenated alkanes) is 35. The Hall–Kier alpha value is -1.58. The van der Waals surface area contributed by atoms with Crippen LogP contribution in [0.2, 0.25) is 0 Å². The highest BCUT2D eigenvalue weighted by Gasteiger charge is 2.16. The number of nitrogens with zero attached hydrogens (tertiary/aromatic N) is 4. The summed E-state index contributed by atoms with van der Waals surface area (Å²) in [5.41, 5.74) is 0. The third kappa shape index (κ3) is 27.3. The summed E-state index contributed by atoms with van der Waals surface area (Å²) in [5.74, 6) is 3.14. The zero-order chi connectivity index (χ0) is 41.4. The number of rotatable bonds is 45. The maximum absolute atomic E-state index is 2.59. The molecule has 0 aromatic carbocycles. The molecule has 0 unspecified atom stereocenters. The lowest BCUT2D eigenvalue weighted by molar-refractivity contribution is -0.704. The van der Waals surface area contributed by atoms with Crippen molar-refractivity contribution in [1.29, 1.82) is 0 Å². The van der Waals surface area contributed by atoms with Crippen molar-refractivity contribution in [3.63, 3.8) is 0 Å². The average Bonchev–Trinajstić information content (AvgIpc) is 3.83. The summed E-state index contributed by atoms with van der Waals surface area (Å²) in [6.07, 6.45) is 66.2. The van der Waals surface area contributed by atoms with Crippen LogP contribution in [0, 0.1) is 0 Å². The molecule has 2 aromatic heterocycles. The van der Waals surface area contributed by atoms with E-state index in [1.807, 2.05) is 0 Å². The molecule has 2 aromatic rings. The molecule has 0 fully saturated rings. The molecule has 0 aliphatic rings. The van der Waals surface area contributed by atoms with E-state index >= 15 is 0 Å². The van der Waals surface area contributed by atoms with Crippen LogP contribution in [0.4, 0.5) is 0 Å². The van der Waals surface area contributed by atoms with Gasteiger partial charge in [0.15, 0.2) is 0 Å². The van der Waals surface area contributed by atoms with Crippen molar-refractivity contribution < 1.29 is 9.13 Å². The lowest BCUT2D eigenvalue weighted by Gasteiger charge is -2.06. The molecule has 0 spiro atoms. The molecule has 0 radical (unpaired) electrons. The summed E-state index contributed by atoms with van der Waals surface area (Å²) in [6, 6.07) is 0. The second kappa shape index (κ2) is 39.5. The molecule has 4 nitrogen and oxygen atoms in total. The maximum Gasteiger partial charge on any atom is 0.256 e. The molecule has 0 aliphatic heterocycles. The van der Waals surface area contributed by atoms with Gasteiger partial charge in [0.2, 0.25) is 0 Å². The van der Waals surface area contributed by atoms with Crippen molar-refractivity contribution in [2.24, 2.45) is 0 Å². The molecule has 2 heterocycles. The number of aromatic nitrogens is 4. The Kier molecular flexibility index (Phi) is 35.8. The fraction of sp³-hybridized carbons (Fsp3) is 0.889. The first-order valence-corrected chi connectivity index (χ1v) is 26.9. The minimum atomic E-state index is 1.10. The number of hydrogen-bond donors (Lipinski definition) is 0. The van der Waals surface area contributed by atoms with E-state index in [-0.39, 0.29) is 0 Å². The monoisotopic (exact) mass is 809 g/mol. The fourth-order valence-corrected chi connectivity index (χ4v) is 9.49. The van der Waals surface area contributed by atoms with Crippen molar-refractivity contribution >= 4 is 0 Å². The highest BCUT2D eigenvalue weighted by Crippen LogP contribution is 2.17. The van der Waals surface area contributed by atoms with Gasteiger partial charge in [-0.25, -0.2) is 18.3 Å². The van der Waals surface area contributed by atoms with E-state index in [4.69, 9.17) is 0 Å². The van der Waals surface area contributed by atoms with Crippen LogP contribution in [0.25, 0.3) is 0 Å². The quantitative estimate of drug-likeness (QED) is 0.0469. The summed E-state index contributed by atoms with van der Waals surface area (Å²) < 4.78 is 10.2. The Morgan fingerprint density at radius 2 is 0.517 bits per heavy atom. The first kappa shape index (κ1) is 52.6. The standard InChI is InChI=1S/C54H104N4/c1-5-9-11-13-15-17-19-21-23-25-27-29-33-37-41-45-53-55(7-3)49-51-57(53)47-43-39-35-31-32-36-40-44-48-58-52-50-56(8-4)54(58)46-42-38-34-30-28-26-24-22-20-18-16-14-12-10-6-2/h49-52H,5-48H2,1-4H3/q+2. The van der Waals surface area contributed by atoms with Crippen molar-refractivity contribution in [3.8, 4) is 0 Å². The molecule has 2 rings (SSSR count). The van der Waals surface area contributed by atoms with Gasteiger partial charge in [-0.05, 0) is 52.4 Å². The third-order valence-corrected chi connectivity index (χ3v) is 13.4. The minimum Gasteiger partial charge on any atom is -0.235 e. The van der Waals surface area contributed by atoms with E-state index in [1.165, 1.54) is 270 Å². The maximum atomic E-state index is 2.59. The van der Waals surface area contributed by atoms with Gasteiger partial charge in [0, 0.05) is 12.8 Å². The molecule has 0 N–H and O–H groups in total. The Balaban J connectivity index is 1.44. The molecule has 338 valence electrons. The van der Waals surface area contributed by atoms with Crippen LogP contribution in [-0.4, -0.2) is 9.13 Å². The van der Waals surface area contributed by atoms with E-state index in [9.17, 15) is 0 Å². The van der Waals surface area contributed by atoms with Gasteiger partial charge in [-0.2, -0.15) is 0 Å². The normalized spacial score (nSPS) is 11.7. The molecule has 58 heavy (non-hydrogen) atoms. The first-order chi connectivity index (χ1) is 28.7. The van der Waals surface area contributed by atoms with Gasteiger partial charge in [-0.3, -0.25) is 0 Å². The Morgan fingerprint density at radius 1 is 0.293 bits per heavy atom. The minimum absolute atomic E-state index is 1.10. The summed E-state index contributed by atoms with van der Waals surface area (Å²) in [4.78, 5) is 0. The van der Waals surface area contributed by atoms with Gasteiger partial charge in [-0.15, -0.1) is 0 Å². The van der Waals surface area contributed by atoms with E-state index in [0.29, 0.717) is 0 Å². The smallest absolute Gasteiger partial charge is 0.235 e. The predicted molar refractivity (Wildman–Crippen MR) is 255 cm³/mol. The van der Waals surface area contributed by atoms with Gasteiger partial charge >= 0.3 is 0 Å². The molecule has 0 amide bonds. The Morgan fingerprint density at radius 3 is 0.759 bits per heavy atom. The second-order valence-corrected chi connectivity index (χ2v) is 18.6. The van der Waals surface area contributed by atoms with Crippen molar-refractivity contribution in [2.45, 2.75) is 311 Å². The average molecular weight is 809 g/mol. The topological polar surface area (TPSA) is 17.6 Å². The lowest BCUT2D eigenvalue weighted by Crippen LogP contribution is -2.37. The van der Waals surface area contributed by atoms with Crippen LogP contribution in [0.3, 0.4) is 0 Å². The van der Waals surface area contributed by atoms with Crippen molar-refractivity contribution in [1.82, 2.24) is 9.13 Å².